The summed E-state index contributed by atoms with van der Waals surface area (Å²) in [5, 5.41) is 1.00. The molecule has 2 aromatic carbocycles. The van der Waals surface area contributed by atoms with Crippen LogP contribution < -0.4 is 5.73 Å². The molecular formula is C23H25FN2O. The molecule has 0 unspecified atom stereocenters. The van der Waals surface area contributed by atoms with Crippen molar-refractivity contribution in [1.82, 2.24) is 4.98 Å². The van der Waals surface area contributed by atoms with Gasteiger partial charge in [0.25, 0.3) is 0 Å². The van der Waals surface area contributed by atoms with Crippen molar-refractivity contribution in [2.75, 3.05) is 6.61 Å². The second kappa shape index (κ2) is 6.18. The number of nitrogens with two attached hydrogens (primary N) is 1. The molecule has 0 bridgehead atoms. The summed E-state index contributed by atoms with van der Waals surface area (Å²) in [6.07, 6.45) is 5.38. The zero-order valence-corrected chi connectivity index (χ0v) is 15.4. The average molecular weight is 364 g/mol. The summed E-state index contributed by atoms with van der Waals surface area (Å²) in [6, 6.07) is 15.5. The van der Waals surface area contributed by atoms with Crippen LogP contribution in [0.4, 0.5) is 4.39 Å². The van der Waals surface area contributed by atoms with Crippen LogP contribution in [0, 0.1) is 5.82 Å². The van der Waals surface area contributed by atoms with Gasteiger partial charge in [0.1, 0.15) is 11.4 Å². The number of rotatable bonds is 2. The molecule has 0 atom stereocenters. The first-order valence-electron chi connectivity index (χ1n) is 9.84. The minimum absolute atomic E-state index is 0.183. The van der Waals surface area contributed by atoms with E-state index in [4.69, 9.17) is 10.5 Å². The van der Waals surface area contributed by atoms with E-state index >= 15 is 0 Å². The highest BCUT2D eigenvalue weighted by atomic mass is 19.1. The van der Waals surface area contributed by atoms with Crippen LogP contribution in [-0.2, 0) is 23.2 Å². The van der Waals surface area contributed by atoms with Crippen molar-refractivity contribution in [2.24, 2.45) is 5.73 Å². The first-order chi connectivity index (χ1) is 13.1. The molecule has 3 aromatic rings. The van der Waals surface area contributed by atoms with Crippen LogP contribution in [-0.4, -0.2) is 17.1 Å². The Morgan fingerprint density at radius 1 is 1.04 bits per heavy atom. The number of halogens is 1. The second-order valence-electron chi connectivity index (χ2n) is 8.29. The molecule has 0 saturated heterocycles. The van der Waals surface area contributed by atoms with E-state index in [1.54, 1.807) is 6.07 Å². The van der Waals surface area contributed by atoms with Gasteiger partial charge in [-0.3, -0.25) is 0 Å². The van der Waals surface area contributed by atoms with Crippen molar-refractivity contribution < 1.29 is 9.13 Å². The van der Waals surface area contributed by atoms with Crippen LogP contribution >= 0.6 is 0 Å². The standard InChI is InChI=1S/C23H25FN2O/c24-17-6-7-20-19(14-17)18-8-13-27-23(21(18)26-20)11-9-22(25,10-12-23)15-16-4-2-1-3-5-16/h1-7,14,26H,8-13,15,25H2. The third-order valence-corrected chi connectivity index (χ3v) is 6.51. The van der Waals surface area contributed by atoms with E-state index in [2.05, 4.69) is 29.2 Å². The van der Waals surface area contributed by atoms with Crippen molar-refractivity contribution in [3.05, 3.63) is 71.2 Å². The van der Waals surface area contributed by atoms with Gasteiger partial charge in [0.15, 0.2) is 0 Å². The number of ether oxygens (including phenoxy) is 1. The molecule has 1 aliphatic heterocycles. The van der Waals surface area contributed by atoms with Gasteiger partial charge >= 0.3 is 0 Å². The fraction of sp³-hybridized carbons (Fsp3) is 0.391. The lowest BCUT2D eigenvalue weighted by Crippen LogP contribution is -2.51. The molecule has 1 aromatic heterocycles. The van der Waals surface area contributed by atoms with E-state index in [-0.39, 0.29) is 17.0 Å². The molecule has 2 heterocycles. The third kappa shape index (κ3) is 2.88. The summed E-state index contributed by atoms with van der Waals surface area (Å²) in [7, 11) is 0. The lowest BCUT2D eigenvalue weighted by molar-refractivity contribution is -0.0977. The Bertz CT molecular complexity index is 971. The summed E-state index contributed by atoms with van der Waals surface area (Å²) in [6.45, 7) is 0.687. The highest BCUT2D eigenvalue weighted by molar-refractivity contribution is 5.85. The van der Waals surface area contributed by atoms with E-state index in [1.807, 2.05) is 12.1 Å². The molecule has 27 heavy (non-hydrogen) atoms. The van der Waals surface area contributed by atoms with Crippen molar-refractivity contribution in [3.8, 4) is 0 Å². The Balaban J connectivity index is 1.44. The monoisotopic (exact) mass is 364 g/mol. The predicted molar refractivity (Wildman–Crippen MR) is 105 cm³/mol. The number of hydrogen-bond donors (Lipinski definition) is 2. The molecule has 3 nitrogen and oxygen atoms in total. The van der Waals surface area contributed by atoms with Gasteiger partial charge in [-0.1, -0.05) is 30.3 Å². The molecule has 4 heteroatoms. The minimum atomic E-state index is -0.303. The van der Waals surface area contributed by atoms with Crippen LogP contribution in [0.25, 0.3) is 10.9 Å². The average Bonchev–Trinajstić information content (AvgIpc) is 3.05. The van der Waals surface area contributed by atoms with E-state index in [0.29, 0.717) is 6.61 Å². The highest BCUT2D eigenvalue weighted by Crippen LogP contribution is 2.48. The zero-order valence-electron chi connectivity index (χ0n) is 15.4. The van der Waals surface area contributed by atoms with Gasteiger partial charge in [0, 0.05) is 16.4 Å². The quantitative estimate of drug-likeness (QED) is 0.699. The smallest absolute Gasteiger partial charge is 0.123 e. The fourth-order valence-electron chi connectivity index (χ4n) is 5.01. The maximum Gasteiger partial charge on any atom is 0.123 e. The summed E-state index contributed by atoms with van der Waals surface area (Å²) in [5.41, 5.74) is 11.0. The summed E-state index contributed by atoms with van der Waals surface area (Å²) in [4.78, 5) is 3.55. The van der Waals surface area contributed by atoms with Crippen LogP contribution in [0.15, 0.2) is 48.5 Å². The maximum atomic E-state index is 13.8. The van der Waals surface area contributed by atoms with Crippen molar-refractivity contribution in [3.63, 3.8) is 0 Å². The number of nitrogens with one attached hydrogen (secondary N) is 1. The largest absolute Gasteiger partial charge is 0.368 e. The van der Waals surface area contributed by atoms with Gasteiger partial charge in [-0.2, -0.15) is 0 Å². The van der Waals surface area contributed by atoms with Crippen LogP contribution in [0.3, 0.4) is 0 Å². The molecular weight excluding hydrogens is 339 g/mol. The molecule has 1 fully saturated rings. The van der Waals surface area contributed by atoms with Crippen molar-refractivity contribution in [2.45, 2.75) is 49.7 Å². The second-order valence-corrected chi connectivity index (χ2v) is 8.29. The van der Waals surface area contributed by atoms with Gasteiger partial charge in [-0.25, -0.2) is 4.39 Å². The van der Waals surface area contributed by atoms with E-state index in [9.17, 15) is 4.39 Å². The lowest BCUT2D eigenvalue weighted by atomic mass is 9.69. The molecule has 0 radical (unpaired) electrons. The summed E-state index contributed by atoms with van der Waals surface area (Å²) >= 11 is 0. The highest BCUT2D eigenvalue weighted by Gasteiger charge is 2.46. The summed E-state index contributed by atoms with van der Waals surface area (Å²) < 4.78 is 20.1. The molecule has 2 aliphatic rings. The Morgan fingerprint density at radius 2 is 1.81 bits per heavy atom. The number of aromatic nitrogens is 1. The molecule has 1 aliphatic carbocycles. The topological polar surface area (TPSA) is 51.0 Å². The molecule has 0 amide bonds. The van der Waals surface area contributed by atoms with Gasteiger partial charge in [-0.15, -0.1) is 0 Å². The first kappa shape index (κ1) is 17.0. The third-order valence-electron chi connectivity index (χ3n) is 6.51. The number of benzene rings is 2. The Hall–Kier alpha value is -2.17. The Morgan fingerprint density at radius 3 is 2.59 bits per heavy atom. The van der Waals surface area contributed by atoms with Crippen molar-refractivity contribution >= 4 is 10.9 Å². The molecule has 140 valence electrons. The first-order valence-corrected chi connectivity index (χ1v) is 9.84. The van der Waals surface area contributed by atoms with E-state index < -0.39 is 0 Å². The van der Waals surface area contributed by atoms with Crippen LogP contribution in [0.1, 0.15) is 42.5 Å². The molecule has 1 saturated carbocycles. The Labute approximate surface area is 158 Å². The molecule has 5 rings (SSSR count). The molecule has 3 N–H and O–H groups in total. The van der Waals surface area contributed by atoms with E-state index in [0.717, 1.165) is 55.1 Å². The lowest BCUT2D eigenvalue weighted by Gasteiger charge is -2.46. The fourth-order valence-corrected chi connectivity index (χ4v) is 5.01. The zero-order chi connectivity index (χ0) is 18.5. The molecule has 1 spiro atoms. The normalized spacial score (nSPS) is 27.8. The van der Waals surface area contributed by atoms with Crippen molar-refractivity contribution in [1.29, 1.82) is 0 Å². The van der Waals surface area contributed by atoms with Gasteiger partial charge < -0.3 is 15.5 Å². The minimum Gasteiger partial charge on any atom is -0.368 e. The number of H-pyrrole nitrogens is 1. The number of aromatic amines is 1. The van der Waals surface area contributed by atoms with Crippen LogP contribution in [0.5, 0.6) is 0 Å². The number of hydrogen-bond acceptors (Lipinski definition) is 2. The van der Waals surface area contributed by atoms with Gasteiger partial charge in [-0.05, 0) is 67.9 Å². The number of fused-ring (bicyclic) bond motifs is 4. The predicted octanol–water partition coefficient (Wildman–Crippen LogP) is 4.59. The van der Waals surface area contributed by atoms with E-state index in [1.165, 1.54) is 17.2 Å². The van der Waals surface area contributed by atoms with Gasteiger partial charge in [0.05, 0.1) is 12.3 Å². The van der Waals surface area contributed by atoms with Crippen LogP contribution in [0.2, 0.25) is 0 Å². The Kier molecular flexibility index (Phi) is 3.88. The SMILES string of the molecule is NC1(Cc2ccccc2)CCC2(CC1)OCCc1c2[nH]c2ccc(F)cc12. The maximum absolute atomic E-state index is 13.8. The van der Waals surface area contributed by atoms with Gasteiger partial charge in [0.2, 0.25) is 0 Å². The summed E-state index contributed by atoms with van der Waals surface area (Å²) in [5.74, 6) is -0.183.